The Morgan fingerprint density at radius 3 is 2.74 bits per heavy atom. The van der Waals surface area contributed by atoms with Crippen molar-refractivity contribution in [1.82, 2.24) is 5.32 Å². The van der Waals surface area contributed by atoms with Crippen molar-refractivity contribution in [2.75, 3.05) is 18.9 Å². The lowest BCUT2D eigenvalue weighted by atomic mass is 10.1. The molecule has 0 unspecified atom stereocenters. The monoisotopic (exact) mass is 325 g/mol. The molecule has 0 atom stereocenters. The highest BCUT2D eigenvalue weighted by Gasteiger charge is 2.16. The van der Waals surface area contributed by atoms with Crippen LogP contribution in [-0.2, 0) is 10.5 Å². The fourth-order valence-corrected chi connectivity index (χ4v) is 3.18. The van der Waals surface area contributed by atoms with Crippen LogP contribution in [0.2, 0.25) is 0 Å². The molecule has 0 saturated heterocycles. The van der Waals surface area contributed by atoms with Gasteiger partial charge in [0.05, 0.1) is 5.57 Å². The normalized spacial score (nSPS) is 12.8. The first kappa shape index (κ1) is 15.7. The second-order valence-corrected chi connectivity index (χ2v) is 6.40. The zero-order valence-corrected chi connectivity index (χ0v) is 13.6. The Morgan fingerprint density at radius 1 is 1.09 bits per heavy atom. The molecule has 0 saturated carbocycles. The molecule has 2 aromatic rings. The van der Waals surface area contributed by atoms with Crippen molar-refractivity contribution in [2.45, 2.75) is 5.75 Å². The number of carbonyl (C=O) groups excluding carboxylic acids is 1. The van der Waals surface area contributed by atoms with Crippen LogP contribution in [0.3, 0.4) is 0 Å². The summed E-state index contributed by atoms with van der Waals surface area (Å²) in [5.41, 5.74) is 2.95. The predicted octanol–water partition coefficient (Wildman–Crippen LogP) is 3.51. The zero-order chi connectivity index (χ0) is 15.9. The minimum atomic E-state index is -0.0418. The highest BCUT2D eigenvalue weighted by molar-refractivity contribution is 7.98. The van der Waals surface area contributed by atoms with Crippen LogP contribution in [0, 0.1) is 0 Å². The molecule has 4 heteroatoms. The molecule has 0 aliphatic carbocycles. The number of hydrogen-bond acceptors (Lipinski definition) is 3. The van der Waals surface area contributed by atoms with Gasteiger partial charge in [0.15, 0.2) is 0 Å². The Bertz CT molecular complexity index is 698. The molecule has 1 N–H and O–H groups in total. The molecule has 1 aliphatic heterocycles. The van der Waals surface area contributed by atoms with Gasteiger partial charge in [-0.3, -0.25) is 4.79 Å². The van der Waals surface area contributed by atoms with Crippen LogP contribution in [0.5, 0.6) is 5.75 Å². The highest BCUT2D eigenvalue weighted by Crippen LogP contribution is 2.25. The smallest absolute Gasteiger partial charge is 0.250 e. The van der Waals surface area contributed by atoms with Crippen molar-refractivity contribution in [2.24, 2.45) is 0 Å². The van der Waals surface area contributed by atoms with Gasteiger partial charge < -0.3 is 10.1 Å². The van der Waals surface area contributed by atoms with E-state index in [2.05, 4.69) is 17.4 Å². The molecule has 3 rings (SSSR count). The molecule has 0 spiro atoms. The van der Waals surface area contributed by atoms with E-state index in [4.69, 9.17) is 4.74 Å². The summed E-state index contributed by atoms with van der Waals surface area (Å²) in [6, 6.07) is 18.1. The van der Waals surface area contributed by atoms with Gasteiger partial charge in [-0.25, -0.2) is 0 Å². The van der Waals surface area contributed by atoms with E-state index >= 15 is 0 Å². The third kappa shape index (κ3) is 4.39. The van der Waals surface area contributed by atoms with E-state index in [1.165, 1.54) is 5.56 Å². The largest absolute Gasteiger partial charge is 0.488 e. The summed E-state index contributed by atoms with van der Waals surface area (Å²) < 4.78 is 5.61. The Labute approximate surface area is 140 Å². The SMILES string of the molecule is O=C(NCCSCc1ccccc1)C1=Cc2ccccc2OC1. The van der Waals surface area contributed by atoms with E-state index in [1.54, 1.807) is 0 Å². The summed E-state index contributed by atoms with van der Waals surface area (Å²) in [5.74, 6) is 2.66. The van der Waals surface area contributed by atoms with Gasteiger partial charge in [0.1, 0.15) is 12.4 Å². The molecule has 0 bridgehead atoms. The van der Waals surface area contributed by atoms with Crippen LogP contribution in [-0.4, -0.2) is 24.8 Å². The van der Waals surface area contributed by atoms with Crippen molar-refractivity contribution >= 4 is 23.7 Å². The molecule has 23 heavy (non-hydrogen) atoms. The van der Waals surface area contributed by atoms with Gasteiger partial charge in [-0.05, 0) is 17.7 Å². The molecule has 118 valence electrons. The second kappa shape index (κ2) is 7.88. The van der Waals surface area contributed by atoms with Crippen molar-refractivity contribution < 1.29 is 9.53 Å². The predicted molar refractivity (Wildman–Crippen MR) is 95.5 cm³/mol. The number of ether oxygens (including phenoxy) is 1. The Kier molecular flexibility index (Phi) is 5.37. The number of fused-ring (bicyclic) bond motifs is 1. The molecule has 0 fully saturated rings. The minimum Gasteiger partial charge on any atom is -0.488 e. The first-order chi connectivity index (χ1) is 11.3. The zero-order valence-electron chi connectivity index (χ0n) is 12.8. The first-order valence-electron chi connectivity index (χ1n) is 7.65. The maximum absolute atomic E-state index is 12.2. The molecule has 1 aliphatic rings. The number of carbonyl (C=O) groups is 1. The quantitative estimate of drug-likeness (QED) is 0.826. The summed E-state index contributed by atoms with van der Waals surface area (Å²) in [5, 5.41) is 2.96. The minimum absolute atomic E-state index is 0.0418. The van der Waals surface area contributed by atoms with Crippen molar-refractivity contribution in [3.05, 3.63) is 71.3 Å². The summed E-state index contributed by atoms with van der Waals surface area (Å²) in [7, 11) is 0. The van der Waals surface area contributed by atoms with Crippen LogP contribution in [0.4, 0.5) is 0 Å². The van der Waals surface area contributed by atoms with Gasteiger partial charge in [0, 0.05) is 23.6 Å². The van der Waals surface area contributed by atoms with Gasteiger partial charge in [0.25, 0.3) is 5.91 Å². The standard InChI is InChI=1S/C19H19NO2S/c21-19(17-12-16-8-4-5-9-18(16)22-13-17)20-10-11-23-14-15-6-2-1-3-7-15/h1-9,12H,10-11,13-14H2,(H,20,21). The summed E-state index contributed by atoms with van der Waals surface area (Å²) in [6.07, 6.45) is 1.91. The average Bonchev–Trinajstić information content (AvgIpc) is 2.61. The molecule has 0 aromatic heterocycles. The third-order valence-electron chi connectivity index (χ3n) is 3.57. The van der Waals surface area contributed by atoms with E-state index in [0.29, 0.717) is 18.7 Å². The van der Waals surface area contributed by atoms with Crippen molar-refractivity contribution in [3.8, 4) is 5.75 Å². The first-order valence-corrected chi connectivity index (χ1v) is 8.81. The lowest BCUT2D eigenvalue weighted by molar-refractivity contribution is -0.117. The number of hydrogen-bond donors (Lipinski definition) is 1. The maximum Gasteiger partial charge on any atom is 0.250 e. The number of thioether (sulfide) groups is 1. The van der Waals surface area contributed by atoms with E-state index < -0.39 is 0 Å². The summed E-state index contributed by atoms with van der Waals surface area (Å²) in [6.45, 7) is 0.995. The number of amides is 1. The fraction of sp³-hybridized carbons (Fsp3) is 0.211. The maximum atomic E-state index is 12.2. The van der Waals surface area contributed by atoms with Crippen molar-refractivity contribution in [3.63, 3.8) is 0 Å². The van der Waals surface area contributed by atoms with Crippen molar-refractivity contribution in [1.29, 1.82) is 0 Å². The van der Waals surface area contributed by atoms with Gasteiger partial charge in [-0.2, -0.15) is 11.8 Å². The molecule has 2 aromatic carbocycles. The lowest BCUT2D eigenvalue weighted by Crippen LogP contribution is -2.30. The van der Waals surface area contributed by atoms with Gasteiger partial charge in [-0.15, -0.1) is 0 Å². The van der Waals surface area contributed by atoms with Crippen LogP contribution < -0.4 is 10.1 Å². The molecular formula is C19H19NO2S. The third-order valence-corrected chi connectivity index (χ3v) is 4.60. The van der Waals surface area contributed by atoms with Gasteiger partial charge in [0.2, 0.25) is 0 Å². The summed E-state index contributed by atoms with van der Waals surface area (Å²) >= 11 is 1.82. The number of nitrogens with one attached hydrogen (secondary N) is 1. The van der Waals surface area contributed by atoms with E-state index in [0.717, 1.165) is 22.8 Å². The molecule has 3 nitrogen and oxygen atoms in total. The van der Waals surface area contributed by atoms with Crippen LogP contribution in [0.25, 0.3) is 6.08 Å². The van der Waals surface area contributed by atoms with E-state index in [9.17, 15) is 4.79 Å². The average molecular weight is 325 g/mol. The number of para-hydroxylation sites is 1. The highest BCUT2D eigenvalue weighted by atomic mass is 32.2. The fourth-order valence-electron chi connectivity index (χ4n) is 2.36. The molecular weight excluding hydrogens is 306 g/mol. The van der Waals surface area contributed by atoms with Gasteiger partial charge >= 0.3 is 0 Å². The molecule has 0 radical (unpaired) electrons. The number of rotatable bonds is 6. The van der Waals surface area contributed by atoms with Gasteiger partial charge in [-0.1, -0.05) is 48.5 Å². The number of benzene rings is 2. The Morgan fingerprint density at radius 2 is 1.87 bits per heavy atom. The van der Waals surface area contributed by atoms with Crippen LogP contribution in [0.15, 0.2) is 60.2 Å². The molecule has 1 amide bonds. The van der Waals surface area contributed by atoms with E-state index in [1.807, 2.05) is 60.3 Å². The topological polar surface area (TPSA) is 38.3 Å². The summed E-state index contributed by atoms with van der Waals surface area (Å²) in [4.78, 5) is 12.2. The van der Waals surface area contributed by atoms with Crippen LogP contribution in [0.1, 0.15) is 11.1 Å². The Hall–Kier alpha value is -2.20. The lowest BCUT2D eigenvalue weighted by Gasteiger charge is -2.17. The second-order valence-electron chi connectivity index (χ2n) is 5.29. The van der Waals surface area contributed by atoms with Crippen LogP contribution >= 0.6 is 11.8 Å². The van der Waals surface area contributed by atoms with E-state index in [-0.39, 0.29) is 5.91 Å². The Balaban J connectivity index is 1.43. The molecule has 1 heterocycles.